The Morgan fingerprint density at radius 3 is 2.63 bits per heavy atom. The van der Waals surface area contributed by atoms with Crippen molar-refractivity contribution in [2.75, 3.05) is 20.2 Å². The molecule has 0 atom stereocenters. The summed E-state index contributed by atoms with van der Waals surface area (Å²) in [6.45, 7) is 2.35. The monoisotopic (exact) mass is 331 g/mol. The summed E-state index contributed by atoms with van der Waals surface area (Å²) in [5.41, 5.74) is -0.0192. The van der Waals surface area contributed by atoms with Gasteiger partial charge in [-0.05, 0) is 35.0 Å². The molecular formula is C13H15BrFNO3. The lowest BCUT2D eigenvalue weighted by molar-refractivity contribution is -0.140. The Kier molecular flexibility index (Phi) is 5.95. The fraction of sp³-hybridized carbons (Fsp3) is 0.385. The summed E-state index contributed by atoms with van der Waals surface area (Å²) in [5, 5.41) is 0. The number of nitrogens with zero attached hydrogens (tertiary/aromatic N) is 1. The van der Waals surface area contributed by atoms with Crippen molar-refractivity contribution in [3.8, 4) is 0 Å². The van der Waals surface area contributed by atoms with Crippen LogP contribution in [-0.4, -0.2) is 37.0 Å². The summed E-state index contributed by atoms with van der Waals surface area (Å²) in [7, 11) is 1.29. The molecule has 0 saturated heterocycles. The van der Waals surface area contributed by atoms with Crippen molar-refractivity contribution in [2.24, 2.45) is 0 Å². The molecule has 0 bridgehead atoms. The van der Waals surface area contributed by atoms with Crippen LogP contribution in [0.2, 0.25) is 0 Å². The van der Waals surface area contributed by atoms with Gasteiger partial charge >= 0.3 is 5.97 Å². The molecule has 0 spiro atoms. The highest BCUT2D eigenvalue weighted by atomic mass is 79.9. The predicted molar refractivity (Wildman–Crippen MR) is 72.3 cm³/mol. The lowest BCUT2D eigenvalue weighted by Crippen LogP contribution is -2.33. The van der Waals surface area contributed by atoms with Crippen LogP contribution in [0.4, 0.5) is 4.39 Å². The molecule has 0 aliphatic carbocycles. The molecule has 19 heavy (non-hydrogen) atoms. The number of amides is 1. The molecule has 0 unspecified atom stereocenters. The van der Waals surface area contributed by atoms with Gasteiger partial charge in [-0.3, -0.25) is 9.59 Å². The molecule has 104 valence electrons. The minimum absolute atomic E-state index is 0.0192. The van der Waals surface area contributed by atoms with E-state index >= 15 is 0 Å². The topological polar surface area (TPSA) is 46.6 Å². The van der Waals surface area contributed by atoms with E-state index in [1.807, 2.05) is 0 Å². The van der Waals surface area contributed by atoms with Gasteiger partial charge in [0.25, 0.3) is 5.91 Å². The Bertz CT molecular complexity index is 459. The van der Waals surface area contributed by atoms with Crippen molar-refractivity contribution in [1.29, 1.82) is 0 Å². The van der Waals surface area contributed by atoms with Crippen molar-refractivity contribution < 1.29 is 18.7 Å². The Labute approximate surface area is 119 Å². The van der Waals surface area contributed by atoms with Crippen LogP contribution < -0.4 is 0 Å². The molecule has 1 rings (SSSR count). The summed E-state index contributed by atoms with van der Waals surface area (Å²) in [6.07, 6.45) is 0.0855. The summed E-state index contributed by atoms with van der Waals surface area (Å²) >= 11 is 3.16. The van der Waals surface area contributed by atoms with E-state index < -0.39 is 17.7 Å². The van der Waals surface area contributed by atoms with Gasteiger partial charge in [-0.2, -0.15) is 0 Å². The van der Waals surface area contributed by atoms with E-state index in [-0.39, 0.29) is 18.5 Å². The van der Waals surface area contributed by atoms with Gasteiger partial charge < -0.3 is 9.64 Å². The van der Waals surface area contributed by atoms with Crippen LogP contribution in [0.3, 0.4) is 0 Å². The quantitative estimate of drug-likeness (QED) is 0.779. The maximum Gasteiger partial charge on any atom is 0.307 e. The summed E-state index contributed by atoms with van der Waals surface area (Å²) in [5.74, 6) is -1.44. The first-order chi connectivity index (χ1) is 9.01. The SMILES string of the molecule is CCN(CCC(=O)OC)C(=O)c1c(F)cccc1Br. The van der Waals surface area contributed by atoms with Crippen LogP contribution in [0.25, 0.3) is 0 Å². The van der Waals surface area contributed by atoms with Crippen molar-refractivity contribution in [1.82, 2.24) is 4.90 Å². The number of methoxy groups -OCH3 is 1. The van der Waals surface area contributed by atoms with Crippen molar-refractivity contribution >= 4 is 27.8 Å². The molecule has 0 aliphatic rings. The van der Waals surface area contributed by atoms with Gasteiger partial charge in [0.05, 0.1) is 19.1 Å². The zero-order valence-corrected chi connectivity index (χ0v) is 12.4. The summed E-state index contributed by atoms with van der Waals surface area (Å²) in [6, 6.07) is 4.34. The molecule has 1 aromatic carbocycles. The zero-order valence-electron chi connectivity index (χ0n) is 10.8. The van der Waals surface area contributed by atoms with Crippen molar-refractivity contribution in [3.63, 3.8) is 0 Å². The molecule has 0 aromatic heterocycles. The Hall–Kier alpha value is -1.43. The molecule has 1 aromatic rings. The maximum absolute atomic E-state index is 13.7. The fourth-order valence-electron chi connectivity index (χ4n) is 1.59. The standard InChI is InChI=1S/C13H15BrFNO3/c1-3-16(8-7-11(17)19-2)13(18)12-9(14)5-4-6-10(12)15/h4-6H,3,7-8H2,1-2H3. The Morgan fingerprint density at radius 2 is 2.11 bits per heavy atom. The predicted octanol–water partition coefficient (Wildman–Crippen LogP) is 2.61. The summed E-state index contributed by atoms with van der Waals surface area (Å²) in [4.78, 5) is 24.7. The number of esters is 1. The molecule has 1 amide bonds. The van der Waals surface area contributed by atoms with Gasteiger partial charge in [-0.1, -0.05) is 6.07 Å². The Morgan fingerprint density at radius 1 is 1.42 bits per heavy atom. The molecule has 6 heteroatoms. The van der Waals surface area contributed by atoms with Crippen LogP contribution in [0.1, 0.15) is 23.7 Å². The highest BCUT2D eigenvalue weighted by molar-refractivity contribution is 9.10. The number of hydrogen-bond acceptors (Lipinski definition) is 3. The minimum atomic E-state index is -0.587. The van der Waals surface area contributed by atoms with Crippen LogP contribution in [0.15, 0.2) is 22.7 Å². The molecule has 0 aliphatic heterocycles. The first-order valence-electron chi connectivity index (χ1n) is 5.81. The number of halogens is 2. The van der Waals surface area contributed by atoms with E-state index in [2.05, 4.69) is 20.7 Å². The molecule has 0 fully saturated rings. The van der Waals surface area contributed by atoms with Gasteiger partial charge in [0.1, 0.15) is 5.82 Å². The summed E-state index contributed by atoms with van der Waals surface area (Å²) < 4.78 is 18.6. The molecule has 0 N–H and O–H groups in total. The van der Waals surface area contributed by atoms with E-state index in [4.69, 9.17) is 0 Å². The molecule has 4 nitrogen and oxygen atoms in total. The van der Waals surface area contributed by atoms with Crippen LogP contribution >= 0.6 is 15.9 Å². The molecular weight excluding hydrogens is 317 g/mol. The zero-order chi connectivity index (χ0) is 14.4. The maximum atomic E-state index is 13.7. The third kappa shape index (κ3) is 4.02. The van der Waals surface area contributed by atoms with E-state index in [9.17, 15) is 14.0 Å². The van der Waals surface area contributed by atoms with Crippen molar-refractivity contribution in [2.45, 2.75) is 13.3 Å². The van der Waals surface area contributed by atoms with E-state index in [0.717, 1.165) is 0 Å². The largest absolute Gasteiger partial charge is 0.469 e. The number of carbonyl (C=O) groups is 2. The van der Waals surface area contributed by atoms with Gasteiger partial charge in [0.15, 0.2) is 0 Å². The van der Waals surface area contributed by atoms with Crippen LogP contribution in [-0.2, 0) is 9.53 Å². The second-order valence-corrected chi connectivity index (χ2v) is 4.66. The van der Waals surface area contributed by atoms with E-state index in [1.54, 1.807) is 13.0 Å². The van der Waals surface area contributed by atoms with Crippen LogP contribution in [0, 0.1) is 5.82 Å². The number of ether oxygens (including phenoxy) is 1. The average molecular weight is 332 g/mol. The first-order valence-corrected chi connectivity index (χ1v) is 6.60. The fourth-order valence-corrected chi connectivity index (χ4v) is 2.10. The lowest BCUT2D eigenvalue weighted by Gasteiger charge is -2.21. The third-order valence-electron chi connectivity index (χ3n) is 2.66. The second-order valence-electron chi connectivity index (χ2n) is 3.81. The molecule has 0 heterocycles. The van der Waals surface area contributed by atoms with Gasteiger partial charge in [0, 0.05) is 17.6 Å². The van der Waals surface area contributed by atoms with Gasteiger partial charge in [-0.25, -0.2) is 4.39 Å². The highest BCUT2D eigenvalue weighted by Gasteiger charge is 2.21. The number of benzene rings is 1. The number of carbonyl (C=O) groups excluding carboxylic acids is 2. The molecule has 0 saturated carbocycles. The van der Waals surface area contributed by atoms with Gasteiger partial charge in [0.2, 0.25) is 0 Å². The third-order valence-corrected chi connectivity index (χ3v) is 3.32. The Balaban J connectivity index is 2.87. The van der Waals surface area contributed by atoms with Crippen molar-refractivity contribution in [3.05, 3.63) is 34.1 Å². The normalized spacial score (nSPS) is 10.1. The van der Waals surface area contributed by atoms with Crippen LogP contribution in [0.5, 0.6) is 0 Å². The van der Waals surface area contributed by atoms with E-state index in [0.29, 0.717) is 11.0 Å². The van der Waals surface area contributed by atoms with E-state index in [1.165, 1.54) is 24.1 Å². The second kappa shape index (κ2) is 7.23. The molecule has 0 radical (unpaired) electrons. The number of hydrogen-bond donors (Lipinski definition) is 0. The highest BCUT2D eigenvalue weighted by Crippen LogP contribution is 2.21. The average Bonchev–Trinajstić information content (AvgIpc) is 2.38. The minimum Gasteiger partial charge on any atom is -0.469 e. The number of rotatable bonds is 5. The lowest BCUT2D eigenvalue weighted by atomic mass is 10.2. The smallest absolute Gasteiger partial charge is 0.307 e. The van der Waals surface area contributed by atoms with Gasteiger partial charge in [-0.15, -0.1) is 0 Å². The first kappa shape index (κ1) is 15.6.